The maximum absolute atomic E-state index is 2.28. The molecule has 2 heterocycles. The zero-order valence-corrected chi connectivity index (χ0v) is 13.1. The van der Waals surface area contributed by atoms with Crippen LogP contribution in [-0.2, 0) is 6.54 Å². The fourth-order valence-corrected chi connectivity index (χ4v) is 2.68. The Kier molecular flexibility index (Phi) is 3.76. The van der Waals surface area contributed by atoms with Gasteiger partial charge in [-0.3, -0.25) is 0 Å². The van der Waals surface area contributed by atoms with E-state index in [0.29, 0.717) is 0 Å². The molecule has 0 spiro atoms. The van der Waals surface area contributed by atoms with Crippen molar-refractivity contribution in [2.45, 2.75) is 6.54 Å². The Hall–Kier alpha value is -2.13. The number of hydrogen-bond donors (Lipinski definition) is 0. The second kappa shape index (κ2) is 5.70. The van der Waals surface area contributed by atoms with Crippen LogP contribution in [0, 0.1) is 0 Å². The van der Waals surface area contributed by atoms with Gasteiger partial charge in [-0.1, -0.05) is 54.6 Å². The fourth-order valence-electron chi connectivity index (χ4n) is 2.68. The molecule has 3 heteroatoms. The summed E-state index contributed by atoms with van der Waals surface area (Å²) in [6.45, 7) is 0.898. The van der Waals surface area contributed by atoms with Crippen LogP contribution in [0.3, 0.4) is 0 Å². The zero-order chi connectivity index (χ0) is 13.4. The largest absolute Gasteiger partial charge is 1.00 e. The molecule has 2 nitrogen and oxygen atoms in total. The van der Waals surface area contributed by atoms with Crippen molar-refractivity contribution in [3.05, 3.63) is 84.8 Å². The van der Waals surface area contributed by atoms with E-state index in [1.54, 1.807) is 0 Å². The van der Waals surface area contributed by atoms with Crippen LogP contribution in [0.4, 0.5) is 0 Å². The van der Waals surface area contributed by atoms with Crippen LogP contribution in [0.2, 0.25) is 0 Å². The van der Waals surface area contributed by atoms with Gasteiger partial charge in [-0.2, -0.15) is 0 Å². The van der Waals surface area contributed by atoms with Crippen LogP contribution in [0.5, 0.6) is 0 Å². The van der Waals surface area contributed by atoms with Crippen molar-refractivity contribution in [2.75, 3.05) is 0 Å². The maximum atomic E-state index is 2.28. The van der Waals surface area contributed by atoms with Gasteiger partial charge in [0.05, 0.1) is 0 Å². The Morgan fingerprint density at radius 2 is 1.57 bits per heavy atom. The molecule has 2 aromatic heterocycles. The van der Waals surface area contributed by atoms with Crippen LogP contribution in [0.15, 0.2) is 79.3 Å². The number of halogens is 1. The van der Waals surface area contributed by atoms with Gasteiger partial charge < -0.3 is 17.0 Å². The van der Waals surface area contributed by atoms with E-state index in [4.69, 9.17) is 0 Å². The van der Waals surface area contributed by atoms with Gasteiger partial charge in [-0.15, -0.1) is 0 Å². The summed E-state index contributed by atoms with van der Waals surface area (Å²) in [5.41, 5.74) is 2.53. The molecule has 0 bridgehead atoms. The van der Waals surface area contributed by atoms with E-state index in [-0.39, 0.29) is 17.0 Å². The molecule has 2 aromatic carbocycles. The number of imidazole rings is 1. The molecule has 0 unspecified atom stereocenters. The van der Waals surface area contributed by atoms with Gasteiger partial charge in [0.15, 0.2) is 0 Å². The first-order valence-corrected chi connectivity index (χ1v) is 6.83. The number of pyridine rings is 1. The second-order valence-corrected chi connectivity index (χ2v) is 5.08. The van der Waals surface area contributed by atoms with E-state index in [1.807, 2.05) is 0 Å². The highest BCUT2D eigenvalue weighted by Gasteiger charge is 2.11. The van der Waals surface area contributed by atoms with E-state index in [1.165, 1.54) is 22.0 Å². The smallest absolute Gasteiger partial charge is 0.287 e. The van der Waals surface area contributed by atoms with Gasteiger partial charge in [0.25, 0.3) is 5.65 Å². The third-order valence-corrected chi connectivity index (χ3v) is 3.72. The lowest BCUT2D eigenvalue weighted by atomic mass is 10.2. The molecular weight excluding hydrogens is 324 g/mol. The first-order valence-electron chi connectivity index (χ1n) is 6.83. The van der Waals surface area contributed by atoms with E-state index in [0.717, 1.165) is 6.54 Å². The van der Waals surface area contributed by atoms with Crippen LogP contribution in [-0.4, -0.2) is 4.40 Å². The van der Waals surface area contributed by atoms with Crippen molar-refractivity contribution in [1.29, 1.82) is 0 Å². The third kappa shape index (κ3) is 2.57. The molecule has 4 aromatic rings. The number of aromatic nitrogens is 2. The van der Waals surface area contributed by atoms with Gasteiger partial charge in [-0.05, 0) is 10.9 Å². The highest BCUT2D eigenvalue weighted by atomic mass is 79.9. The first-order chi connectivity index (χ1) is 9.90. The Morgan fingerprint density at radius 3 is 2.38 bits per heavy atom. The average Bonchev–Trinajstić information content (AvgIpc) is 2.88. The van der Waals surface area contributed by atoms with Gasteiger partial charge in [0.2, 0.25) is 0 Å². The summed E-state index contributed by atoms with van der Waals surface area (Å²) in [7, 11) is 0. The lowest BCUT2D eigenvalue weighted by Gasteiger charge is -2.00. The number of nitrogens with zero attached hydrogens (tertiary/aromatic N) is 2. The van der Waals surface area contributed by atoms with Crippen molar-refractivity contribution in [1.82, 2.24) is 4.40 Å². The van der Waals surface area contributed by atoms with Crippen molar-refractivity contribution in [2.24, 2.45) is 0 Å². The SMILES string of the molecule is [Br-].c1ccc(C[n+]2ccn3cc4ccccc4cc32)cc1. The lowest BCUT2D eigenvalue weighted by Crippen LogP contribution is -3.00. The Labute approximate surface area is 134 Å². The standard InChI is InChI=1S/C18H15N2.BrH/c1-2-6-15(7-3-1)13-19-10-11-20-14-17-9-5-4-8-16(17)12-18(19)20;/h1-12,14H,13H2;1H/q+1;/p-1. The molecule has 4 rings (SSSR count). The summed E-state index contributed by atoms with van der Waals surface area (Å²) < 4.78 is 4.47. The number of rotatable bonds is 2. The molecule has 0 amide bonds. The maximum Gasteiger partial charge on any atom is 0.287 e. The van der Waals surface area contributed by atoms with E-state index in [9.17, 15) is 0 Å². The third-order valence-electron chi connectivity index (χ3n) is 3.72. The molecule has 0 aliphatic carbocycles. The molecule has 0 atom stereocenters. The van der Waals surface area contributed by atoms with Crippen LogP contribution in [0.1, 0.15) is 5.56 Å². The molecule has 21 heavy (non-hydrogen) atoms. The molecule has 0 saturated heterocycles. The molecule has 104 valence electrons. The minimum atomic E-state index is 0. The quantitative estimate of drug-likeness (QED) is 0.468. The molecule has 0 N–H and O–H groups in total. The van der Waals surface area contributed by atoms with Gasteiger partial charge >= 0.3 is 0 Å². The van der Waals surface area contributed by atoms with Crippen LogP contribution >= 0.6 is 0 Å². The molecule has 0 aliphatic heterocycles. The average molecular weight is 339 g/mol. The lowest BCUT2D eigenvalue weighted by molar-refractivity contribution is -0.661. The Bertz CT molecular complexity index is 881. The zero-order valence-electron chi connectivity index (χ0n) is 11.5. The van der Waals surface area contributed by atoms with E-state index in [2.05, 4.69) is 88.2 Å². The molecule has 0 fully saturated rings. The van der Waals surface area contributed by atoms with Crippen molar-refractivity contribution >= 4 is 16.4 Å². The normalized spacial score (nSPS) is 10.7. The number of benzene rings is 2. The minimum Gasteiger partial charge on any atom is -1.00 e. The van der Waals surface area contributed by atoms with E-state index >= 15 is 0 Å². The highest BCUT2D eigenvalue weighted by molar-refractivity contribution is 5.84. The van der Waals surface area contributed by atoms with Gasteiger partial charge in [0.1, 0.15) is 25.1 Å². The summed E-state index contributed by atoms with van der Waals surface area (Å²) in [4.78, 5) is 0. The summed E-state index contributed by atoms with van der Waals surface area (Å²) in [6.07, 6.45) is 6.44. The summed E-state index contributed by atoms with van der Waals surface area (Å²) in [5, 5.41) is 2.54. The summed E-state index contributed by atoms with van der Waals surface area (Å²) in [6, 6.07) is 21.3. The van der Waals surface area contributed by atoms with Crippen molar-refractivity contribution < 1.29 is 21.5 Å². The number of fused-ring (bicyclic) bond motifs is 2. The predicted octanol–water partition coefficient (Wildman–Crippen LogP) is 0.432. The fraction of sp³-hybridized carbons (Fsp3) is 0.0556. The molecule has 0 aliphatic rings. The van der Waals surface area contributed by atoms with E-state index < -0.39 is 0 Å². The van der Waals surface area contributed by atoms with Crippen LogP contribution in [0.25, 0.3) is 16.4 Å². The molecule has 0 radical (unpaired) electrons. The second-order valence-electron chi connectivity index (χ2n) is 5.08. The van der Waals surface area contributed by atoms with Crippen molar-refractivity contribution in [3.63, 3.8) is 0 Å². The minimum absolute atomic E-state index is 0. The topological polar surface area (TPSA) is 8.29 Å². The molecule has 0 saturated carbocycles. The number of hydrogen-bond acceptors (Lipinski definition) is 0. The predicted molar refractivity (Wildman–Crippen MR) is 80.6 cm³/mol. The van der Waals surface area contributed by atoms with Gasteiger partial charge in [0, 0.05) is 11.5 Å². The first kappa shape index (κ1) is 13.8. The van der Waals surface area contributed by atoms with Crippen LogP contribution < -0.4 is 21.5 Å². The van der Waals surface area contributed by atoms with Gasteiger partial charge in [-0.25, -0.2) is 8.97 Å². The Balaban J connectivity index is 0.00000132. The monoisotopic (exact) mass is 338 g/mol. The summed E-state index contributed by atoms with van der Waals surface area (Å²) >= 11 is 0. The summed E-state index contributed by atoms with van der Waals surface area (Å²) in [5.74, 6) is 0. The molecular formula is C18H15BrN2. The highest BCUT2D eigenvalue weighted by Crippen LogP contribution is 2.15. The van der Waals surface area contributed by atoms with Crippen molar-refractivity contribution in [3.8, 4) is 0 Å². The Morgan fingerprint density at radius 1 is 0.857 bits per heavy atom.